The normalized spacial score (nSPS) is 20.9. The molecule has 1 saturated heterocycles. The zero-order valence-corrected chi connectivity index (χ0v) is 13.4. The Morgan fingerprint density at radius 1 is 1.50 bits per heavy atom. The molecule has 1 aromatic carbocycles. The van der Waals surface area contributed by atoms with Crippen LogP contribution in [0.1, 0.15) is 23.2 Å². The Labute approximate surface area is 138 Å². The smallest absolute Gasteiger partial charge is 0.254 e. The van der Waals surface area contributed by atoms with Crippen LogP contribution in [0, 0.1) is 5.82 Å². The number of rotatable bonds is 4. The molecule has 2 heterocycles. The van der Waals surface area contributed by atoms with E-state index in [1.54, 1.807) is 15.8 Å². The first-order valence-electron chi connectivity index (χ1n) is 7.70. The minimum atomic E-state index is -1.08. The first kappa shape index (κ1) is 16.4. The summed E-state index contributed by atoms with van der Waals surface area (Å²) in [5.74, 6) is -0.806. The summed E-state index contributed by atoms with van der Waals surface area (Å²) in [6.07, 6.45) is 4.43. The SMILES string of the molecule is COc1ccc(C(=O)N2CCCC(O)(Cn3ccnn3)C2)cc1F. The number of piperidine rings is 1. The van der Waals surface area contributed by atoms with E-state index in [-0.39, 0.29) is 30.3 Å². The van der Waals surface area contributed by atoms with Gasteiger partial charge in [0.05, 0.1) is 26.4 Å². The minimum Gasteiger partial charge on any atom is -0.494 e. The summed E-state index contributed by atoms with van der Waals surface area (Å²) in [6, 6.07) is 4.11. The number of ether oxygens (including phenoxy) is 1. The summed E-state index contributed by atoms with van der Waals surface area (Å²) >= 11 is 0. The molecule has 1 N–H and O–H groups in total. The predicted molar refractivity (Wildman–Crippen MR) is 83.1 cm³/mol. The standard InChI is InChI=1S/C16H19FN4O3/c1-24-14-4-3-12(9-13(14)17)15(22)20-7-2-5-16(23,10-20)11-21-8-6-18-19-21/h3-4,6,8-9,23H,2,5,7,10-11H2,1H3. The van der Waals surface area contributed by atoms with Gasteiger partial charge in [0.2, 0.25) is 0 Å². The number of carbonyl (C=O) groups excluding carboxylic acids is 1. The van der Waals surface area contributed by atoms with Crippen LogP contribution in [0.15, 0.2) is 30.6 Å². The molecule has 0 radical (unpaired) electrons. The summed E-state index contributed by atoms with van der Waals surface area (Å²) in [7, 11) is 1.37. The number of aromatic nitrogens is 3. The lowest BCUT2D eigenvalue weighted by Gasteiger charge is -2.39. The number of methoxy groups -OCH3 is 1. The molecule has 3 rings (SSSR count). The van der Waals surface area contributed by atoms with Gasteiger partial charge >= 0.3 is 0 Å². The lowest BCUT2D eigenvalue weighted by Crippen LogP contribution is -2.52. The van der Waals surface area contributed by atoms with Gasteiger partial charge in [-0.15, -0.1) is 5.10 Å². The van der Waals surface area contributed by atoms with E-state index in [0.29, 0.717) is 19.4 Å². The Kier molecular flexibility index (Phi) is 4.48. The fourth-order valence-electron chi connectivity index (χ4n) is 3.02. The minimum absolute atomic E-state index is 0.0906. The quantitative estimate of drug-likeness (QED) is 0.905. The van der Waals surface area contributed by atoms with Gasteiger partial charge in [-0.25, -0.2) is 9.07 Å². The molecule has 1 aliphatic heterocycles. The second-order valence-electron chi connectivity index (χ2n) is 6.00. The topological polar surface area (TPSA) is 80.5 Å². The zero-order valence-electron chi connectivity index (χ0n) is 13.4. The number of likely N-dealkylation sites (tertiary alicyclic amines) is 1. The van der Waals surface area contributed by atoms with Crippen LogP contribution in [0.2, 0.25) is 0 Å². The van der Waals surface area contributed by atoms with Crippen molar-refractivity contribution < 1.29 is 19.0 Å². The molecule has 2 aromatic rings. The van der Waals surface area contributed by atoms with E-state index in [0.717, 1.165) is 6.07 Å². The number of amides is 1. The molecular formula is C16H19FN4O3. The van der Waals surface area contributed by atoms with E-state index < -0.39 is 11.4 Å². The third-order valence-corrected chi connectivity index (χ3v) is 4.17. The predicted octanol–water partition coefficient (Wildman–Crippen LogP) is 1.09. The Bertz CT molecular complexity index is 722. The molecule has 1 atom stereocenters. The van der Waals surface area contributed by atoms with Gasteiger partial charge in [-0.3, -0.25) is 4.79 Å². The molecular weight excluding hydrogens is 315 g/mol. The lowest BCUT2D eigenvalue weighted by molar-refractivity contribution is -0.0387. The highest BCUT2D eigenvalue weighted by Gasteiger charge is 2.36. The third-order valence-electron chi connectivity index (χ3n) is 4.17. The molecule has 1 amide bonds. The molecule has 1 aromatic heterocycles. The molecule has 0 bridgehead atoms. The molecule has 0 aliphatic carbocycles. The van der Waals surface area contributed by atoms with Crippen LogP contribution in [0.5, 0.6) is 5.75 Å². The molecule has 1 aliphatic rings. The largest absolute Gasteiger partial charge is 0.494 e. The van der Waals surface area contributed by atoms with E-state index in [1.807, 2.05) is 0 Å². The van der Waals surface area contributed by atoms with Crippen molar-refractivity contribution >= 4 is 5.91 Å². The number of nitrogens with zero attached hydrogens (tertiary/aromatic N) is 4. The van der Waals surface area contributed by atoms with Gasteiger partial charge < -0.3 is 14.7 Å². The average molecular weight is 334 g/mol. The Hall–Kier alpha value is -2.48. The van der Waals surface area contributed by atoms with Crippen molar-refractivity contribution in [2.45, 2.75) is 25.0 Å². The zero-order chi connectivity index (χ0) is 17.2. The highest BCUT2D eigenvalue weighted by Crippen LogP contribution is 2.25. The van der Waals surface area contributed by atoms with E-state index in [9.17, 15) is 14.3 Å². The summed E-state index contributed by atoms with van der Waals surface area (Å²) in [5.41, 5.74) is -0.842. The Morgan fingerprint density at radius 2 is 2.33 bits per heavy atom. The number of carbonyl (C=O) groups is 1. The molecule has 24 heavy (non-hydrogen) atoms. The molecule has 1 fully saturated rings. The van der Waals surface area contributed by atoms with Gasteiger partial charge in [-0.1, -0.05) is 5.21 Å². The van der Waals surface area contributed by atoms with Crippen molar-refractivity contribution in [3.05, 3.63) is 42.0 Å². The van der Waals surface area contributed by atoms with Crippen molar-refractivity contribution in [3.8, 4) is 5.75 Å². The highest BCUT2D eigenvalue weighted by molar-refractivity contribution is 5.94. The van der Waals surface area contributed by atoms with Crippen LogP contribution in [0.3, 0.4) is 0 Å². The van der Waals surface area contributed by atoms with Crippen molar-refractivity contribution in [1.82, 2.24) is 19.9 Å². The van der Waals surface area contributed by atoms with Crippen LogP contribution >= 0.6 is 0 Å². The van der Waals surface area contributed by atoms with Crippen molar-refractivity contribution in [1.29, 1.82) is 0 Å². The molecule has 7 nitrogen and oxygen atoms in total. The molecule has 0 spiro atoms. The average Bonchev–Trinajstić information content (AvgIpc) is 3.06. The van der Waals surface area contributed by atoms with Gasteiger partial charge in [0.1, 0.15) is 5.60 Å². The summed E-state index contributed by atoms with van der Waals surface area (Å²) in [6.45, 7) is 0.944. The van der Waals surface area contributed by atoms with Crippen LogP contribution in [0.4, 0.5) is 4.39 Å². The van der Waals surface area contributed by atoms with Gasteiger partial charge in [0.25, 0.3) is 5.91 Å². The van der Waals surface area contributed by atoms with Gasteiger partial charge in [0.15, 0.2) is 11.6 Å². The van der Waals surface area contributed by atoms with E-state index in [4.69, 9.17) is 4.74 Å². The third kappa shape index (κ3) is 3.38. The fraction of sp³-hybridized carbons (Fsp3) is 0.438. The number of β-amino-alcohol motifs (C(OH)–C–C–N with tert-alkyl or cyclic N) is 1. The summed E-state index contributed by atoms with van der Waals surface area (Å²) in [4.78, 5) is 14.2. The second kappa shape index (κ2) is 6.56. The maximum Gasteiger partial charge on any atom is 0.254 e. The van der Waals surface area contributed by atoms with E-state index >= 15 is 0 Å². The number of benzene rings is 1. The summed E-state index contributed by atoms with van der Waals surface area (Å²) in [5, 5.41) is 18.3. The molecule has 1 unspecified atom stereocenters. The molecule has 8 heteroatoms. The van der Waals surface area contributed by atoms with Crippen LogP contribution < -0.4 is 4.74 Å². The van der Waals surface area contributed by atoms with Crippen molar-refractivity contribution in [2.24, 2.45) is 0 Å². The first-order chi connectivity index (χ1) is 11.5. The molecule has 0 saturated carbocycles. The van der Waals surface area contributed by atoms with E-state index in [1.165, 1.54) is 25.4 Å². The van der Waals surface area contributed by atoms with Crippen LogP contribution in [-0.2, 0) is 6.54 Å². The second-order valence-corrected chi connectivity index (χ2v) is 6.00. The number of hydrogen-bond acceptors (Lipinski definition) is 5. The van der Waals surface area contributed by atoms with Crippen LogP contribution in [0.25, 0.3) is 0 Å². The van der Waals surface area contributed by atoms with Gasteiger partial charge in [0, 0.05) is 18.3 Å². The van der Waals surface area contributed by atoms with E-state index in [2.05, 4.69) is 10.3 Å². The Morgan fingerprint density at radius 3 is 3.00 bits per heavy atom. The van der Waals surface area contributed by atoms with Gasteiger partial charge in [-0.2, -0.15) is 0 Å². The molecule has 128 valence electrons. The monoisotopic (exact) mass is 334 g/mol. The Balaban J connectivity index is 1.74. The number of aliphatic hydroxyl groups is 1. The van der Waals surface area contributed by atoms with Crippen molar-refractivity contribution in [3.63, 3.8) is 0 Å². The number of halogens is 1. The van der Waals surface area contributed by atoms with Crippen molar-refractivity contribution in [2.75, 3.05) is 20.2 Å². The first-order valence-corrected chi connectivity index (χ1v) is 7.70. The fourth-order valence-corrected chi connectivity index (χ4v) is 3.02. The summed E-state index contributed by atoms with van der Waals surface area (Å²) < 4.78 is 20.2. The highest BCUT2D eigenvalue weighted by atomic mass is 19.1. The maximum absolute atomic E-state index is 13.8. The van der Waals surface area contributed by atoms with Gasteiger partial charge in [-0.05, 0) is 31.0 Å². The number of hydrogen-bond donors (Lipinski definition) is 1. The maximum atomic E-state index is 13.8. The van der Waals surface area contributed by atoms with Crippen LogP contribution in [-0.4, -0.2) is 56.7 Å². The lowest BCUT2D eigenvalue weighted by atomic mass is 9.92.